The summed E-state index contributed by atoms with van der Waals surface area (Å²) in [5, 5.41) is 9.07. The van der Waals surface area contributed by atoms with Gasteiger partial charge in [-0.15, -0.1) is 0 Å². The molecule has 0 fully saturated rings. The van der Waals surface area contributed by atoms with E-state index in [9.17, 15) is 0 Å². The highest BCUT2D eigenvalue weighted by Crippen LogP contribution is 2.29. The topological polar surface area (TPSA) is 88.5 Å². The van der Waals surface area contributed by atoms with E-state index in [-0.39, 0.29) is 5.84 Å². The molecule has 0 bridgehead atoms. The zero-order valence-corrected chi connectivity index (χ0v) is 13.7. The second kappa shape index (κ2) is 5.81. The van der Waals surface area contributed by atoms with Crippen LogP contribution in [0.1, 0.15) is 33.8 Å². The summed E-state index contributed by atoms with van der Waals surface area (Å²) < 4.78 is 0. The lowest BCUT2D eigenvalue weighted by atomic mass is 10.1. The molecule has 0 unspecified atom stereocenters. The number of aromatic nitrogens is 3. The van der Waals surface area contributed by atoms with Gasteiger partial charge >= 0.3 is 0 Å². The second-order valence-electron chi connectivity index (χ2n) is 5.08. The first kappa shape index (κ1) is 15.4. The van der Waals surface area contributed by atoms with Crippen LogP contribution in [0.25, 0.3) is 0 Å². The molecule has 21 heavy (non-hydrogen) atoms. The van der Waals surface area contributed by atoms with Crippen LogP contribution in [0.5, 0.6) is 0 Å². The Morgan fingerprint density at radius 2 is 1.62 bits per heavy atom. The average molecular weight is 301 g/mol. The lowest BCUT2D eigenvalue weighted by Crippen LogP contribution is -2.15. The predicted molar refractivity (Wildman–Crippen MR) is 85.1 cm³/mol. The fourth-order valence-electron chi connectivity index (χ4n) is 2.08. The van der Waals surface area contributed by atoms with E-state index in [0.717, 1.165) is 28.2 Å². The maximum atomic E-state index is 7.76. The van der Waals surface area contributed by atoms with Gasteiger partial charge in [-0.2, -0.15) is 0 Å². The summed E-state index contributed by atoms with van der Waals surface area (Å²) in [6.45, 7) is 9.80. The lowest BCUT2D eigenvalue weighted by Gasteiger charge is -2.12. The van der Waals surface area contributed by atoms with E-state index in [1.807, 2.05) is 40.7 Å². The molecule has 0 aliphatic carbocycles. The summed E-state index contributed by atoms with van der Waals surface area (Å²) in [5.74, 6) is 0.0167. The summed E-state index contributed by atoms with van der Waals surface area (Å²) in [7, 11) is 0. The number of hydrogen-bond acceptors (Lipinski definition) is 5. The van der Waals surface area contributed by atoms with E-state index in [1.54, 1.807) is 0 Å². The fraction of sp³-hybridized carbons (Fsp3) is 0.333. The third-order valence-electron chi connectivity index (χ3n) is 3.38. The van der Waals surface area contributed by atoms with Crippen molar-refractivity contribution in [3.63, 3.8) is 0 Å². The number of hydrogen-bond donors (Lipinski definition) is 2. The molecule has 0 atom stereocenters. The number of nitrogens with zero attached hydrogens (tertiary/aromatic N) is 3. The van der Waals surface area contributed by atoms with Gasteiger partial charge in [0.05, 0.1) is 5.56 Å². The van der Waals surface area contributed by atoms with E-state index in [4.69, 9.17) is 11.1 Å². The molecule has 0 radical (unpaired) electrons. The van der Waals surface area contributed by atoms with Gasteiger partial charge in [0.1, 0.15) is 10.9 Å². The molecule has 2 heterocycles. The monoisotopic (exact) mass is 301 g/mol. The Balaban J connectivity index is 2.51. The van der Waals surface area contributed by atoms with Gasteiger partial charge in [0.2, 0.25) is 0 Å². The van der Waals surface area contributed by atoms with Gasteiger partial charge in [-0.3, -0.25) is 5.41 Å². The van der Waals surface area contributed by atoms with E-state index in [1.165, 1.54) is 11.8 Å². The molecule has 0 saturated heterocycles. The minimum Gasteiger partial charge on any atom is -0.384 e. The maximum Gasteiger partial charge on any atom is 0.194 e. The van der Waals surface area contributed by atoms with E-state index < -0.39 is 0 Å². The Kier molecular flexibility index (Phi) is 4.27. The minimum absolute atomic E-state index is 0.0167. The van der Waals surface area contributed by atoms with Crippen molar-refractivity contribution in [3.8, 4) is 0 Å². The van der Waals surface area contributed by atoms with Crippen molar-refractivity contribution in [2.24, 2.45) is 5.73 Å². The minimum atomic E-state index is 0.0167. The molecule has 2 aromatic rings. The highest BCUT2D eigenvalue weighted by molar-refractivity contribution is 7.99. The smallest absolute Gasteiger partial charge is 0.194 e. The highest BCUT2D eigenvalue weighted by atomic mass is 32.2. The molecule has 2 aromatic heterocycles. The largest absolute Gasteiger partial charge is 0.384 e. The Morgan fingerprint density at radius 3 is 2.14 bits per heavy atom. The zero-order valence-electron chi connectivity index (χ0n) is 12.9. The van der Waals surface area contributed by atoms with Crippen molar-refractivity contribution < 1.29 is 0 Å². The van der Waals surface area contributed by atoms with E-state index in [0.29, 0.717) is 15.7 Å². The Labute approximate surface area is 128 Å². The Bertz CT molecular complexity index is 701. The fourth-order valence-corrected chi connectivity index (χ4v) is 3.18. The van der Waals surface area contributed by atoms with Crippen molar-refractivity contribution in [1.29, 1.82) is 5.41 Å². The van der Waals surface area contributed by atoms with Gasteiger partial charge in [-0.1, -0.05) is 0 Å². The van der Waals surface area contributed by atoms with E-state index in [2.05, 4.69) is 15.0 Å². The first-order valence-corrected chi connectivity index (χ1v) is 7.43. The first-order valence-electron chi connectivity index (χ1n) is 6.62. The zero-order chi connectivity index (χ0) is 15.7. The van der Waals surface area contributed by atoms with Crippen LogP contribution in [-0.2, 0) is 0 Å². The molecule has 5 nitrogen and oxygen atoms in total. The number of rotatable bonds is 3. The molecule has 6 heteroatoms. The second-order valence-corrected chi connectivity index (χ2v) is 6.03. The van der Waals surface area contributed by atoms with Crippen LogP contribution in [0, 0.1) is 40.0 Å². The Morgan fingerprint density at radius 1 is 1.05 bits per heavy atom. The molecule has 3 N–H and O–H groups in total. The lowest BCUT2D eigenvalue weighted by molar-refractivity contribution is 0.876. The molecule has 0 saturated carbocycles. The molecule has 0 aliphatic heterocycles. The first-order chi connectivity index (χ1) is 9.79. The quantitative estimate of drug-likeness (QED) is 0.517. The van der Waals surface area contributed by atoms with Crippen molar-refractivity contribution in [3.05, 3.63) is 39.8 Å². The SMILES string of the molecule is Cc1cc(C)c(C(=N)N)c(Sc2nc(C)c(C)c(C)n2)n1. The molecule has 0 spiro atoms. The van der Waals surface area contributed by atoms with Crippen LogP contribution in [0.15, 0.2) is 16.2 Å². The van der Waals surface area contributed by atoms with Gasteiger partial charge in [0, 0.05) is 17.1 Å². The average Bonchev–Trinajstić information content (AvgIpc) is 2.34. The van der Waals surface area contributed by atoms with Crippen LogP contribution in [-0.4, -0.2) is 20.8 Å². The summed E-state index contributed by atoms with van der Waals surface area (Å²) in [6.07, 6.45) is 0. The number of pyridine rings is 1. The van der Waals surface area contributed by atoms with Crippen molar-refractivity contribution in [2.75, 3.05) is 0 Å². The third-order valence-corrected chi connectivity index (χ3v) is 4.23. The summed E-state index contributed by atoms with van der Waals surface area (Å²) in [4.78, 5) is 13.5. The Hall–Kier alpha value is -1.95. The standard InChI is InChI=1S/C15H19N5S/c1-7-6-8(2)18-14(12(7)13(16)17)21-15-19-10(4)9(3)11(5)20-15/h6H,1-5H3,(H3,16,17). The third kappa shape index (κ3) is 3.21. The molecule has 0 aliphatic rings. The maximum absolute atomic E-state index is 7.76. The highest BCUT2D eigenvalue weighted by Gasteiger charge is 2.15. The summed E-state index contributed by atoms with van der Waals surface area (Å²) >= 11 is 1.35. The van der Waals surface area contributed by atoms with Gasteiger partial charge in [0.15, 0.2) is 5.16 Å². The number of amidine groups is 1. The van der Waals surface area contributed by atoms with Crippen LogP contribution >= 0.6 is 11.8 Å². The molecule has 2 rings (SSSR count). The van der Waals surface area contributed by atoms with Crippen LogP contribution in [0.4, 0.5) is 0 Å². The van der Waals surface area contributed by atoms with Crippen molar-refractivity contribution >= 4 is 17.6 Å². The van der Waals surface area contributed by atoms with Crippen LogP contribution in [0.3, 0.4) is 0 Å². The number of nitrogen functional groups attached to an aromatic ring is 1. The van der Waals surface area contributed by atoms with Gasteiger partial charge < -0.3 is 5.73 Å². The molecular formula is C15H19N5S. The summed E-state index contributed by atoms with van der Waals surface area (Å²) in [5.41, 5.74) is 11.2. The van der Waals surface area contributed by atoms with Crippen molar-refractivity contribution in [2.45, 2.75) is 44.8 Å². The van der Waals surface area contributed by atoms with E-state index >= 15 is 0 Å². The normalized spacial score (nSPS) is 10.7. The number of nitrogens with two attached hydrogens (primary N) is 1. The molecular weight excluding hydrogens is 282 g/mol. The van der Waals surface area contributed by atoms with Crippen LogP contribution in [0.2, 0.25) is 0 Å². The predicted octanol–water partition coefficient (Wildman–Crippen LogP) is 2.85. The molecule has 110 valence electrons. The molecule has 0 aromatic carbocycles. The summed E-state index contributed by atoms with van der Waals surface area (Å²) in [6, 6.07) is 1.92. The van der Waals surface area contributed by atoms with Gasteiger partial charge in [0.25, 0.3) is 0 Å². The van der Waals surface area contributed by atoms with Crippen LogP contribution < -0.4 is 5.73 Å². The number of nitrogens with one attached hydrogen (secondary N) is 1. The van der Waals surface area contributed by atoms with Gasteiger partial charge in [-0.05, 0) is 63.6 Å². The molecule has 0 amide bonds. The van der Waals surface area contributed by atoms with Crippen molar-refractivity contribution in [1.82, 2.24) is 15.0 Å². The van der Waals surface area contributed by atoms with Gasteiger partial charge in [-0.25, -0.2) is 15.0 Å². The number of aryl methyl sites for hydroxylation is 4.